The molecule has 1 amide bonds. The fraction of sp³-hybridized carbons (Fsp3) is 0.333. The van der Waals surface area contributed by atoms with Gasteiger partial charge in [0.2, 0.25) is 0 Å². The predicted octanol–water partition coefficient (Wildman–Crippen LogP) is 2.59. The summed E-state index contributed by atoms with van der Waals surface area (Å²) in [7, 11) is 0. The number of hydrazine groups is 1. The third-order valence-electron chi connectivity index (χ3n) is 3.16. The minimum atomic E-state index is -0.338. The maximum Gasteiger partial charge on any atom is 0.283 e. The molecule has 0 atom stereocenters. The second kappa shape index (κ2) is 5.99. The number of nitrogens with one attached hydrogen (secondary N) is 1. The monoisotopic (exact) mass is 350 g/mol. The Balaban J connectivity index is 2.38. The Morgan fingerprint density at radius 2 is 1.95 bits per heavy atom. The number of carbonyl (C=O) groups is 1. The van der Waals surface area contributed by atoms with Gasteiger partial charge >= 0.3 is 0 Å². The molecule has 0 saturated carbocycles. The minimum Gasteiger partial charge on any atom is -0.289 e. The second-order valence-electron chi connectivity index (χ2n) is 5.92. The van der Waals surface area contributed by atoms with Gasteiger partial charge in [0.25, 0.3) is 5.91 Å². The molecule has 0 spiro atoms. The van der Waals surface area contributed by atoms with E-state index >= 15 is 0 Å². The van der Waals surface area contributed by atoms with Crippen LogP contribution < -0.4 is 11.3 Å². The van der Waals surface area contributed by atoms with Crippen molar-refractivity contribution in [2.75, 3.05) is 0 Å². The summed E-state index contributed by atoms with van der Waals surface area (Å²) in [4.78, 5) is 11.9. The number of nitrogen functional groups attached to an aromatic ring is 1. The van der Waals surface area contributed by atoms with Gasteiger partial charge in [0.15, 0.2) is 0 Å². The maximum absolute atomic E-state index is 11.9. The van der Waals surface area contributed by atoms with Gasteiger partial charge in [0, 0.05) is 9.89 Å². The zero-order chi connectivity index (χ0) is 15.6. The number of aromatic nitrogens is 2. The lowest BCUT2D eigenvalue weighted by atomic mass is 9.92. The molecule has 0 fully saturated rings. The molecule has 0 unspecified atom stereocenters. The van der Waals surface area contributed by atoms with E-state index in [0.717, 1.165) is 15.7 Å². The van der Waals surface area contributed by atoms with Gasteiger partial charge in [-0.2, -0.15) is 5.10 Å². The van der Waals surface area contributed by atoms with E-state index in [-0.39, 0.29) is 11.3 Å². The molecule has 3 N–H and O–H groups in total. The maximum atomic E-state index is 11.9. The molecule has 6 heteroatoms. The number of hydrogen-bond donors (Lipinski definition) is 2. The topological polar surface area (TPSA) is 72.9 Å². The first-order chi connectivity index (χ1) is 9.81. The van der Waals surface area contributed by atoms with E-state index in [4.69, 9.17) is 5.84 Å². The van der Waals surface area contributed by atoms with Crippen molar-refractivity contribution in [3.05, 3.63) is 51.8 Å². The number of carbonyl (C=O) groups excluding carboxylic acids is 1. The molecule has 0 aliphatic heterocycles. The number of amides is 1. The molecule has 2 rings (SSSR count). The SMILES string of the molecule is CC(C)(C)c1cc(C(=O)NN)n(Cc2ccc(Br)cc2)n1. The van der Waals surface area contributed by atoms with Crippen LogP contribution in [0.5, 0.6) is 0 Å². The highest BCUT2D eigenvalue weighted by Gasteiger charge is 2.22. The fourth-order valence-electron chi connectivity index (χ4n) is 1.92. The zero-order valence-electron chi connectivity index (χ0n) is 12.4. The van der Waals surface area contributed by atoms with Crippen LogP contribution in [0.4, 0.5) is 0 Å². The van der Waals surface area contributed by atoms with Crippen molar-refractivity contribution < 1.29 is 4.79 Å². The second-order valence-corrected chi connectivity index (χ2v) is 6.84. The number of halogens is 1. The number of nitrogens with two attached hydrogens (primary N) is 1. The lowest BCUT2D eigenvalue weighted by Crippen LogP contribution is -2.32. The van der Waals surface area contributed by atoms with E-state index < -0.39 is 0 Å². The Hall–Kier alpha value is -1.66. The van der Waals surface area contributed by atoms with Crippen LogP contribution in [0.1, 0.15) is 42.5 Å². The smallest absolute Gasteiger partial charge is 0.283 e. The third-order valence-corrected chi connectivity index (χ3v) is 3.69. The molecule has 5 nitrogen and oxygen atoms in total. The molecule has 2 aromatic rings. The molecular formula is C15H19BrN4O. The summed E-state index contributed by atoms with van der Waals surface area (Å²) in [5, 5.41) is 4.56. The van der Waals surface area contributed by atoms with E-state index in [2.05, 4.69) is 47.2 Å². The highest BCUT2D eigenvalue weighted by molar-refractivity contribution is 9.10. The van der Waals surface area contributed by atoms with Crippen molar-refractivity contribution in [3.8, 4) is 0 Å². The molecule has 1 aromatic heterocycles. The van der Waals surface area contributed by atoms with Crippen LogP contribution in [-0.2, 0) is 12.0 Å². The standard InChI is InChI=1S/C15H19BrN4O/c1-15(2,3)13-8-12(14(21)18-17)20(19-13)9-10-4-6-11(16)7-5-10/h4-8H,9,17H2,1-3H3,(H,18,21). The van der Waals surface area contributed by atoms with E-state index in [1.54, 1.807) is 10.7 Å². The van der Waals surface area contributed by atoms with Gasteiger partial charge in [-0.15, -0.1) is 0 Å². The van der Waals surface area contributed by atoms with E-state index in [1.165, 1.54) is 0 Å². The van der Waals surface area contributed by atoms with Gasteiger partial charge in [-0.05, 0) is 23.8 Å². The van der Waals surface area contributed by atoms with Crippen molar-refractivity contribution in [3.63, 3.8) is 0 Å². The van der Waals surface area contributed by atoms with Gasteiger partial charge < -0.3 is 0 Å². The Morgan fingerprint density at radius 1 is 1.33 bits per heavy atom. The summed E-state index contributed by atoms with van der Waals surface area (Å²) in [6.07, 6.45) is 0. The number of hydrogen-bond acceptors (Lipinski definition) is 3. The molecular weight excluding hydrogens is 332 g/mol. The van der Waals surface area contributed by atoms with Crippen LogP contribution in [0.15, 0.2) is 34.8 Å². The molecule has 21 heavy (non-hydrogen) atoms. The normalized spacial score (nSPS) is 11.5. The highest BCUT2D eigenvalue weighted by Crippen LogP contribution is 2.22. The summed E-state index contributed by atoms with van der Waals surface area (Å²) in [5.74, 6) is 4.92. The fourth-order valence-corrected chi connectivity index (χ4v) is 2.19. The first-order valence-electron chi connectivity index (χ1n) is 6.65. The van der Waals surface area contributed by atoms with Gasteiger partial charge in [-0.25, -0.2) is 5.84 Å². The summed E-state index contributed by atoms with van der Waals surface area (Å²) in [6.45, 7) is 6.70. The number of rotatable bonds is 3. The van der Waals surface area contributed by atoms with Gasteiger partial charge in [-0.3, -0.25) is 14.9 Å². The highest BCUT2D eigenvalue weighted by atomic mass is 79.9. The average molecular weight is 351 g/mol. The van der Waals surface area contributed by atoms with Crippen molar-refractivity contribution in [2.45, 2.75) is 32.7 Å². The quantitative estimate of drug-likeness (QED) is 0.507. The van der Waals surface area contributed by atoms with Crippen LogP contribution in [0.25, 0.3) is 0 Å². The largest absolute Gasteiger partial charge is 0.289 e. The third kappa shape index (κ3) is 3.71. The van der Waals surface area contributed by atoms with Crippen molar-refractivity contribution in [2.24, 2.45) is 5.84 Å². The Bertz CT molecular complexity index is 641. The number of nitrogens with zero attached hydrogens (tertiary/aromatic N) is 2. The lowest BCUT2D eigenvalue weighted by Gasteiger charge is -2.14. The van der Waals surface area contributed by atoms with E-state index in [0.29, 0.717) is 12.2 Å². The Kier molecular flexibility index (Phi) is 4.49. The lowest BCUT2D eigenvalue weighted by molar-refractivity contribution is 0.0943. The van der Waals surface area contributed by atoms with Crippen molar-refractivity contribution in [1.29, 1.82) is 0 Å². The van der Waals surface area contributed by atoms with Crippen LogP contribution in [-0.4, -0.2) is 15.7 Å². The van der Waals surface area contributed by atoms with E-state index in [9.17, 15) is 4.79 Å². The van der Waals surface area contributed by atoms with Crippen LogP contribution in [0.2, 0.25) is 0 Å². The van der Waals surface area contributed by atoms with Gasteiger partial charge in [0.1, 0.15) is 5.69 Å². The molecule has 0 aliphatic carbocycles. The molecule has 0 saturated heterocycles. The first kappa shape index (κ1) is 15.7. The Labute approximate surface area is 132 Å². The van der Waals surface area contributed by atoms with Crippen molar-refractivity contribution in [1.82, 2.24) is 15.2 Å². The van der Waals surface area contributed by atoms with Crippen LogP contribution in [0.3, 0.4) is 0 Å². The minimum absolute atomic E-state index is 0.130. The van der Waals surface area contributed by atoms with Crippen molar-refractivity contribution >= 4 is 21.8 Å². The summed E-state index contributed by atoms with van der Waals surface area (Å²) in [5.41, 5.74) is 4.43. The summed E-state index contributed by atoms with van der Waals surface area (Å²) >= 11 is 3.41. The van der Waals surface area contributed by atoms with Crippen LogP contribution in [0, 0.1) is 0 Å². The Morgan fingerprint density at radius 3 is 2.48 bits per heavy atom. The molecule has 0 bridgehead atoms. The van der Waals surface area contributed by atoms with Gasteiger partial charge in [-0.1, -0.05) is 48.8 Å². The molecule has 0 aliphatic rings. The van der Waals surface area contributed by atoms with Crippen LogP contribution >= 0.6 is 15.9 Å². The molecule has 0 radical (unpaired) electrons. The van der Waals surface area contributed by atoms with Gasteiger partial charge in [0.05, 0.1) is 12.2 Å². The molecule has 112 valence electrons. The average Bonchev–Trinajstić information content (AvgIpc) is 2.84. The number of benzene rings is 1. The molecule has 1 heterocycles. The summed E-state index contributed by atoms with van der Waals surface area (Å²) in [6, 6.07) is 9.71. The zero-order valence-corrected chi connectivity index (χ0v) is 13.9. The molecule has 1 aromatic carbocycles. The predicted molar refractivity (Wildman–Crippen MR) is 85.8 cm³/mol. The summed E-state index contributed by atoms with van der Waals surface area (Å²) < 4.78 is 2.70. The first-order valence-corrected chi connectivity index (χ1v) is 7.44. The van der Waals surface area contributed by atoms with E-state index in [1.807, 2.05) is 24.3 Å².